The van der Waals surface area contributed by atoms with Crippen LogP contribution >= 0.6 is 11.3 Å². The van der Waals surface area contributed by atoms with Crippen molar-refractivity contribution in [1.82, 2.24) is 9.55 Å². The molecule has 6 nitrogen and oxygen atoms in total. The second-order valence-electron chi connectivity index (χ2n) is 5.32. The highest BCUT2D eigenvalue weighted by Gasteiger charge is 2.23. The number of benzene rings is 1. The van der Waals surface area contributed by atoms with Gasteiger partial charge >= 0.3 is 5.97 Å². The van der Waals surface area contributed by atoms with Gasteiger partial charge in [0.2, 0.25) is 0 Å². The number of methoxy groups -OCH3 is 1. The maximum Gasteiger partial charge on any atom is 0.328 e. The van der Waals surface area contributed by atoms with Crippen LogP contribution in [0.4, 0.5) is 0 Å². The van der Waals surface area contributed by atoms with Crippen LogP contribution in [-0.2, 0) is 9.53 Å². The van der Waals surface area contributed by atoms with E-state index < -0.39 is 6.04 Å². The van der Waals surface area contributed by atoms with Crippen molar-refractivity contribution in [3.63, 3.8) is 0 Å². The first-order chi connectivity index (χ1) is 12.2. The molecule has 0 aliphatic rings. The lowest BCUT2D eigenvalue weighted by atomic mass is 10.2. The molecule has 0 saturated carbocycles. The van der Waals surface area contributed by atoms with E-state index in [0.717, 1.165) is 10.2 Å². The minimum absolute atomic E-state index is 0.358. The zero-order valence-electron chi connectivity index (χ0n) is 13.9. The standard InChI is InChI=1S/C18H17N3O3S/c1-3-13(17(23)24-2)21-14-6-4-5-7-15(14)25-18(21)20-16(22)12-8-10-19-11-9-12/h4-11,13H,3H2,1-2H3. The average molecular weight is 355 g/mol. The Morgan fingerprint density at radius 2 is 1.96 bits per heavy atom. The molecule has 0 bridgehead atoms. The minimum atomic E-state index is -0.537. The quantitative estimate of drug-likeness (QED) is 0.675. The molecule has 0 N–H and O–H groups in total. The summed E-state index contributed by atoms with van der Waals surface area (Å²) in [5, 5.41) is 0. The number of hydrogen-bond acceptors (Lipinski definition) is 5. The molecule has 7 heteroatoms. The van der Waals surface area contributed by atoms with Crippen LogP contribution in [0.2, 0.25) is 0 Å². The molecule has 0 aliphatic heterocycles. The third-order valence-electron chi connectivity index (χ3n) is 3.83. The fourth-order valence-corrected chi connectivity index (χ4v) is 3.67. The van der Waals surface area contributed by atoms with E-state index in [0.29, 0.717) is 16.8 Å². The van der Waals surface area contributed by atoms with Crippen molar-refractivity contribution in [2.45, 2.75) is 19.4 Å². The van der Waals surface area contributed by atoms with Gasteiger partial charge in [-0.15, -0.1) is 0 Å². The van der Waals surface area contributed by atoms with Gasteiger partial charge in [-0.25, -0.2) is 4.79 Å². The number of para-hydroxylation sites is 1. The maximum absolute atomic E-state index is 12.5. The second kappa shape index (κ2) is 7.40. The number of thiazole rings is 1. The third kappa shape index (κ3) is 3.36. The monoisotopic (exact) mass is 355 g/mol. The molecule has 0 spiro atoms. The highest BCUT2D eigenvalue weighted by molar-refractivity contribution is 7.16. The van der Waals surface area contributed by atoms with Crippen LogP contribution in [-0.4, -0.2) is 28.5 Å². The van der Waals surface area contributed by atoms with Crippen molar-refractivity contribution in [2.24, 2.45) is 4.99 Å². The van der Waals surface area contributed by atoms with Crippen molar-refractivity contribution in [3.05, 3.63) is 59.2 Å². The Labute approximate surface area is 148 Å². The Balaban J connectivity index is 2.21. The third-order valence-corrected chi connectivity index (χ3v) is 4.86. The number of nitrogens with zero attached hydrogens (tertiary/aromatic N) is 3. The van der Waals surface area contributed by atoms with Crippen molar-refractivity contribution < 1.29 is 14.3 Å². The predicted molar refractivity (Wildman–Crippen MR) is 95.3 cm³/mol. The first-order valence-corrected chi connectivity index (χ1v) is 8.64. The highest BCUT2D eigenvalue weighted by Crippen LogP contribution is 2.23. The van der Waals surface area contributed by atoms with Gasteiger partial charge in [-0.2, -0.15) is 4.99 Å². The molecule has 2 heterocycles. The van der Waals surface area contributed by atoms with Crippen LogP contribution in [0.25, 0.3) is 10.2 Å². The highest BCUT2D eigenvalue weighted by atomic mass is 32.1. The zero-order valence-corrected chi connectivity index (χ0v) is 14.7. The summed E-state index contributed by atoms with van der Waals surface area (Å²) in [5.41, 5.74) is 1.30. The number of aromatic nitrogens is 2. The molecule has 0 fully saturated rings. The van der Waals surface area contributed by atoms with E-state index in [1.54, 1.807) is 29.1 Å². The molecule has 3 rings (SSSR count). The molecule has 2 aromatic heterocycles. The predicted octanol–water partition coefficient (Wildman–Crippen LogP) is 2.96. The van der Waals surface area contributed by atoms with Gasteiger partial charge in [0.05, 0.1) is 17.3 Å². The zero-order chi connectivity index (χ0) is 17.8. The lowest BCUT2D eigenvalue weighted by Crippen LogP contribution is -2.28. The Kier molecular flexibility index (Phi) is 5.04. The number of rotatable bonds is 4. The van der Waals surface area contributed by atoms with Gasteiger partial charge < -0.3 is 9.30 Å². The molecule has 0 aliphatic carbocycles. The Morgan fingerprint density at radius 1 is 1.24 bits per heavy atom. The SMILES string of the molecule is CCC(C(=O)OC)n1c(=NC(=O)c2ccncc2)sc2ccccc21. The van der Waals surface area contributed by atoms with Gasteiger partial charge in [-0.1, -0.05) is 30.4 Å². The van der Waals surface area contributed by atoms with Gasteiger partial charge in [-0.05, 0) is 30.7 Å². The summed E-state index contributed by atoms with van der Waals surface area (Å²) in [7, 11) is 1.36. The van der Waals surface area contributed by atoms with Gasteiger partial charge in [0, 0.05) is 18.0 Å². The lowest BCUT2D eigenvalue weighted by molar-refractivity contribution is -0.144. The molecule has 0 radical (unpaired) electrons. The van der Waals surface area contributed by atoms with Gasteiger partial charge in [-0.3, -0.25) is 9.78 Å². The van der Waals surface area contributed by atoms with E-state index in [2.05, 4.69) is 9.98 Å². The summed E-state index contributed by atoms with van der Waals surface area (Å²) in [4.78, 5) is 33.3. The fraction of sp³-hybridized carbons (Fsp3) is 0.222. The summed E-state index contributed by atoms with van der Waals surface area (Å²) >= 11 is 1.37. The van der Waals surface area contributed by atoms with E-state index in [1.165, 1.54) is 18.4 Å². The molecule has 1 amide bonds. The van der Waals surface area contributed by atoms with Crippen molar-refractivity contribution in [3.8, 4) is 0 Å². The largest absolute Gasteiger partial charge is 0.467 e. The lowest BCUT2D eigenvalue weighted by Gasteiger charge is -2.15. The van der Waals surface area contributed by atoms with Gasteiger partial charge in [0.25, 0.3) is 5.91 Å². The Hall–Kier alpha value is -2.80. The second-order valence-corrected chi connectivity index (χ2v) is 6.33. The van der Waals surface area contributed by atoms with Crippen LogP contribution < -0.4 is 4.80 Å². The summed E-state index contributed by atoms with van der Waals surface area (Å²) in [6, 6.07) is 10.3. The Morgan fingerprint density at radius 3 is 2.64 bits per heavy atom. The Bertz CT molecular complexity index is 976. The smallest absolute Gasteiger partial charge is 0.328 e. The van der Waals surface area contributed by atoms with Crippen LogP contribution in [0.3, 0.4) is 0 Å². The first-order valence-electron chi connectivity index (χ1n) is 7.82. The normalized spacial score (nSPS) is 13.0. The molecule has 128 valence electrons. The number of pyridine rings is 1. The number of carbonyl (C=O) groups excluding carboxylic acids is 2. The molecule has 1 aromatic carbocycles. The molecule has 1 unspecified atom stereocenters. The molecular formula is C18H17N3O3S. The van der Waals surface area contributed by atoms with Crippen LogP contribution in [0, 0.1) is 0 Å². The topological polar surface area (TPSA) is 73.6 Å². The molecular weight excluding hydrogens is 338 g/mol. The summed E-state index contributed by atoms with van der Waals surface area (Å²) in [5.74, 6) is -0.730. The van der Waals surface area contributed by atoms with Gasteiger partial charge in [0.1, 0.15) is 6.04 Å². The van der Waals surface area contributed by atoms with E-state index >= 15 is 0 Å². The van der Waals surface area contributed by atoms with Crippen molar-refractivity contribution >= 4 is 33.4 Å². The minimum Gasteiger partial charge on any atom is -0.467 e. The van der Waals surface area contributed by atoms with E-state index in [-0.39, 0.29) is 11.9 Å². The number of carbonyl (C=O) groups is 2. The molecule has 1 atom stereocenters. The van der Waals surface area contributed by atoms with Crippen LogP contribution in [0.15, 0.2) is 53.8 Å². The van der Waals surface area contributed by atoms with Crippen molar-refractivity contribution in [2.75, 3.05) is 7.11 Å². The molecule has 3 aromatic rings. The van der Waals surface area contributed by atoms with Crippen LogP contribution in [0.1, 0.15) is 29.7 Å². The summed E-state index contributed by atoms with van der Waals surface area (Å²) < 4.78 is 7.66. The van der Waals surface area contributed by atoms with E-state index in [9.17, 15) is 9.59 Å². The van der Waals surface area contributed by atoms with Crippen molar-refractivity contribution in [1.29, 1.82) is 0 Å². The van der Waals surface area contributed by atoms with Crippen LogP contribution in [0.5, 0.6) is 0 Å². The number of fused-ring (bicyclic) bond motifs is 1. The molecule has 0 saturated heterocycles. The van der Waals surface area contributed by atoms with Gasteiger partial charge in [0.15, 0.2) is 4.80 Å². The summed E-state index contributed by atoms with van der Waals surface area (Å²) in [6.07, 6.45) is 3.63. The number of ether oxygens (including phenoxy) is 1. The number of amides is 1. The van der Waals surface area contributed by atoms with E-state index in [1.807, 2.05) is 31.2 Å². The summed E-state index contributed by atoms with van der Waals surface area (Å²) in [6.45, 7) is 1.90. The van der Waals surface area contributed by atoms with E-state index in [4.69, 9.17) is 4.74 Å². The number of hydrogen-bond donors (Lipinski definition) is 0. The average Bonchev–Trinajstić information content (AvgIpc) is 3.01. The fourth-order valence-electron chi connectivity index (χ4n) is 2.61. The maximum atomic E-state index is 12.5. The number of esters is 1. The first kappa shape index (κ1) is 17.0. The molecule has 25 heavy (non-hydrogen) atoms.